The molecule has 0 radical (unpaired) electrons. The molecule has 0 bridgehead atoms. The third-order valence-electron chi connectivity index (χ3n) is 2.59. The van der Waals surface area contributed by atoms with Crippen LogP contribution in [0.25, 0.3) is 0 Å². The zero-order valence-electron chi connectivity index (χ0n) is 10.8. The molecule has 0 fully saturated rings. The number of carbonyl (C=O) groups is 1. The van der Waals surface area contributed by atoms with Crippen LogP contribution < -0.4 is 10.6 Å². The zero-order valence-corrected chi connectivity index (χ0v) is 11.6. The molecule has 0 saturated carbocycles. The summed E-state index contributed by atoms with van der Waals surface area (Å²) in [6.07, 6.45) is 0. The first kappa shape index (κ1) is 14.2. The molecule has 0 unspecified atom stereocenters. The van der Waals surface area contributed by atoms with Gasteiger partial charge in [-0.2, -0.15) is 0 Å². The van der Waals surface area contributed by atoms with Gasteiger partial charge in [0.2, 0.25) is 0 Å². The van der Waals surface area contributed by atoms with Crippen LogP contribution in [0.1, 0.15) is 15.9 Å². The van der Waals surface area contributed by atoms with E-state index in [2.05, 4.69) is 10.6 Å². The van der Waals surface area contributed by atoms with Crippen LogP contribution in [0.15, 0.2) is 35.7 Å². The summed E-state index contributed by atoms with van der Waals surface area (Å²) in [6.45, 7) is 0.702. The van der Waals surface area contributed by atoms with E-state index in [1.165, 1.54) is 11.4 Å². The first-order valence-corrected chi connectivity index (χ1v) is 6.76. The lowest BCUT2D eigenvalue weighted by Gasteiger charge is -2.06. The van der Waals surface area contributed by atoms with Crippen LogP contribution in [0.2, 0.25) is 0 Å². The summed E-state index contributed by atoms with van der Waals surface area (Å²) in [5, 5.41) is 17.8. The van der Waals surface area contributed by atoms with Crippen molar-refractivity contribution >= 4 is 27.9 Å². The Hall–Kier alpha value is -2.25. The van der Waals surface area contributed by atoms with Crippen LogP contribution in [-0.4, -0.2) is 17.9 Å². The Kier molecular flexibility index (Phi) is 4.44. The highest BCUT2D eigenvalue weighted by Gasteiger charge is 2.15. The fourth-order valence-electron chi connectivity index (χ4n) is 1.71. The van der Waals surface area contributed by atoms with Crippen LogP contribution in [0, 0.1) is 10.1 Å². The van der Waals surface area contributed by atoms with Gasteiger partial charge in [-0.05, 0) is 24.7 Å². The van der Waals surface area contributed by atoms with Crippen LogP contribution in [-0.2, 0) is 6.54 Å². The lowest BCUT2D eigenvalue weighted by molar-refractivity contribution is -0.380. The van der Waals surface area contributed by atoms with Gasteiger partial charge < -0.3 is 10.6 Å². The normalized spacial score (nSPS) is 10.2. The quantitative estimate of drug-likeness (QED) is 0.655. The predicted octanol–water partition coefficient (Wildman–Crippen LogP) is 2.63. The number of nitrogens with one attached hydrogen (secondary N) is 2. The summed E-state index contributed by atoms with van der Waals surface area (Å²) in [5.41, 5.74) is 2.00. The number of amides is 1. The maximum Gasteiger partial charge on any atom is 0.324 e. The monoisotopic (exact) mass is 291 g/mol. The number of hydrogen-bond acceptors (Lipinski definition) is 5. The molecule has 20 heavy (non-hydrogen) atoms. The molecule has 1 heterocycles. The standard InChI is InChI=1S/C13H13N3O3S/c1-14-7-9-3-2-4-11(5-9)15-13(17)10-6-12(16(18)19)20-8-10/h2-6,8,14H,7H2,1H3,(H,15,17). The highest BCUT2D eigenvalue weighted by Crippen LogP contribution is 2.23. The predicted molar refractivity (Wildman–Crippen MR) is 78.1 cm³/mol. The van der Waals surface area contributed by atoms with Gasteiger partial charge in [0, 0.05) is 23.7 Å². The van der Waals surface area contributed by atoms with Gasteiger partial charge in [-0.25, -0.2) is 0 Å². The SMILES string of the molecule is CNCc1cccc(NC(=O)c2csc([N+](=O)[O-])c2)c1. The van der Waals surface area contributed by atoms with Crippen molar-refractivity contribution in [1.82, 2.24) is 5.32 Å². The smallest absolute Gasteiger partial charge is 0.322 e. The molecule has 6 nitrogen and oxygen atoms in total. The van der Waals surface area contributed by atoms with Gasteiger partial charge in [-0.15, -0.1) is 0 Å². The molecule has 2 rings (SSSR count). The Morgan fingerprint density at radius 1 is 1.40 bits per heavy atom. The lowest BCUT2D eigenvalue weighted by Crippen LogP contribution is -2.11. The van der Waals surface area contributed by atoms with Gasteiger partial charge in [-0.1, -0.05) is 23.5 Å². The molecule has 1 aromatic carbocycles. The number of carbonyl (C=O) groups excluding carboxylic acids is 1. The van der Waals surface area contributed by atoms with E-state index >= 15 is 0 Å². The van der Waals surface area contributed by atoms with Gasteiger partial charge in [-0.3, -0.25) is 14.9 Å². The lowest BCUT2D eigenvalue weighted by atomic mass is 10.2. The number of rotatable bonds is 5. The molecular formula is C13H13N3O3S. The maximum atomic E-state index is 12.0. The molecule has 0 saturated heterocycles. The van der Waals surface area contributed by atoms with E-state index in [1.54, 1.807) is 6.07 Å². The molecule has 0 atom stereocenters. The van der Waals surface area contributed by atoms with Crippen molar-refractivity contribution in [2.75, 3.05) is 12.4 Å². The van der Waals surface area contributed by atoms with Gasteiger partial charge in [0.05, 0.1) is 10.5 Å². The Morgan fingerprint density at radius 3 is 2.85 bits per heavy atom. The molecule has 0 aliphatic carbocycles. The van der Waals surface area contributed by atoms with Crippen molar-refractivity contribution in [3.63, 3.8) is 0 Å². The minimum Gasteiger partial charge on any atom is -0.322 e. The van der Waals surface area contributed by atoms with E-state index in [0.717, 1.165) is 16.9 Å². The fourth-order valence-corrected chi connectivity index (χ4v) is 2.41. The van der Waals surface area contributed by atoms with E-state index < -0.39 is 4.92 Å². The van der Waals surface area contributed by atoms with Crippen molar-refractivity contribution in [3.8, 4) is 0 Å². The van der Waals surface area contributed by atoms with Crippen molar-refractivity contribution in [2.24, 2.45) is 0 Å². The molecule has 1 amide bonds. The topological polar surface area (TPSA) is 84.3 Å². The van der Waals surface area contributed by atoms with Gasteiger partial charge in [0.15, 0.2) is 0 Å². The summed E-state index contributed by atoms with van der Waals surface area (Å²) in [5.74, 6) is -0.351. The number of hydrogen-bond donors (Lipinski definition) is 2. The van der Waals surface area contributed by atoms with Crippen molar-refractivity contribution in [1.29, 1.82) is 0 Å². The van der Waals surface area contributed by atoms with Crippen LogP contribution >= 0.6 is 11.3 Å². The summed E-state index contributed by atoms with van der Waals surface area (Å²) in [4.78, 5) is 22.1. The number of nitro groups is 1. The molecule has 1 aromatic heterocycles. The zero-order chi connectivity index (χ0) is 14.5. The Labute approximate surface area is 119 Å². The second kappa shape index (κ2) is 6.27. The van der Waals surface area contributed by atoms with E-state index in [1.807, 2.05) is 25.2 Å². The number of benzene rings is 1. The highest BCUT2D eigenvalue weighted by atomic mass is 32.1. The molecular weight excluding hydrogens is 278 g/mol. The Bertz CT molecular complexity index is 639. The van der Waals surface area contributed by atoms with Gasteiger partial charge in [0.25, 0.3) is 5.91 Å². The van der Waals surface area contributed by atoms with Gasteiger partial charge in [0.1, 0.15) is 0 Å². The maximum absolute atomic E-state index is 12.0. The van der Waals surface area contributed by atoms with Crippen LogP contribution in [0.4, 0.5) is 10.7 Å². The molecule has 0 aliphatic heterocycles. The number of anilines is 1. The molecule has 2 aromatic rings. The number of thiophene rings is 1. The largest absolute Gasteiger partial charge is 0.324 e. The third kappa shape index (κ3) is 3.40. The third-order valence-corrected chi connectivity index (χ3v) is 3.47. The Balaban J connectivity index is 2.10. The minimum atomic E-state index is -0.505. The summed E-state index contributed by atoms with van der Waals surface area (Å²) in [7, 11) is 1.84. The molecule has 104 valence electrons. The van der Waals surface area contributed by atoms with E-state index in [-0.39, 0.29) is 10.9 Å². The minimum absolute atomic E-state index is 0.0425. The molecule has 2 N–H and O–H groups in total. The highest BCUT2D eigenvalue weighted by molar-refractivity contribution is 7.13. The average Bonchev–Trinajstić information content (AvgIpc) is 2.89. The van der Waals surface area contributed by atoms with Crippen molar-refractivity contribution in [2.45, 2.75) is 6.54 Å². The second-order valence-corrected chi connectivity index (χ2v) is 5.01. The summed E-state index contributed by atoms with van der Waals surface area (Å²) in [6, 6.07) is 8.70. The van der Waals surface area contributed by atoms with E-state index in [0.29, 0.717) is 17.8 Å². The Morgan fingerprint density at radius 2 is 2.20 bits per heavy atom. The van der Waals surface area contributed by atoms with E-state index in [9.17, 15) is 14.9 Å². The fraction of sp³-hybridized carbons (Fsp3) is 0.154. The van der Waals surface area contributed by atoms with Gasteiger partial charge >= 0.3 is 5.00 Å². The van der Waals surface area contributed by atoms with Crippen molar-refractivity contribution in [3.05, 3.63) is 57.0 Å². The number of nitrogens with zero attached hydrogens (tertiary/aromatic N) is 1. The van der Waals surface area contributed by atoms with E-state index in [4.69, 9.17) is 0 Å². The first-order chi connectivity index (χ1) is 9.60. The second-order valence-electron chi connectivity index (χ2n) is 4.12. The van der Waals surface area contributed by atoms with Crippen molar-refractivity contribution < 1.29 is 9.72 Å². The molecule has 0 spiro atoms. The molecule has 7 heteroatoms. The molecule has 0 aliphatic rings. The first-order valence-electron chi connectivity index (χ1n) is 5.88. The van der Waals surface area contributed by atoms with Crippen LogP contribution in [0.3, 0.4) is 0 Å². The summed E-state index contributed by atoms with van der Waals surface area (Å²) < 4.78 is 0. The average molecular weight is 291 g/mol. The summed E-state index contributed by atoms with van der Waals surface area (Å²) >= 11 is 0.938. The van der Waals surface area contributed by atoms with Crippen LogP contribution in [0.5, 0.6) is 0 Å².